The number of morpholine rings is 1. The summed E-state index contributed by atoms with van der Waals surface area (Å²) in [6.07, 6.45) is 1.44. The minimum atomic E-state index is 0.225. The zero-order valence-electron chi connectivity index (χ0n) is 12.3. The van der Waals surface area contributed by atoms with E-state index in [0.29, 0.717) is 25.3 Å². The predicted octanol–water partition coefficient (Wildman–Crippen LogP) is 2.01. The summed E-state index contributed by atoms with van der Waals surface area (Å²) in [4.78, 5) is 14.9. The predicted molar refractivity (Wildman–Crippen MR) is 84.8 cm³/mol. The van der Waals surface area contributed by atoms with Crippen LogP contribution in [0.1, 0.15) is 12.8 Å². The minimum absolute atomic E-state index is 0.225. The molecular formula is C15H22N2O3S. The molecule has 116 valence electrons. The Kier molecular flexibility index (Phi) is 6.20. The Labute approximate surface area is 129 Å². The third-order valence-electron chi connectivity index (χ3n) is 3.34. The number of nitrogen functional groups attached to an aromatic ring is 1. The van der Waals surface area contributed by atoms with Crippen molar-refractivity contribution in [1.82, 2.24) is 4.90 Å². The number of nitrogens with two attached hydrogens (primary N) is 1. The lowest BCUT2D eigenvalue weighted by atomic mass is 10.3. The van der Waals surface area contributed by atoms with Gasteiger partial charge in [0, 0.05) is 36.2 Å². The molecule has 0 radical (unpaired) electrons. The van der Waals surface area contributed by atoms with E-state index in [9.17, 15) is 4.79 Å². The zero-order chi connectivity index (χ0) is 15.1. The van der Waals surface area contributed by atoms with Gasteiger partial charge in [-0.2, -0.15) is 0 Å². The van der Waals surface area contributed by atoms with E-state index in [1.807, 2.05) is 23.1 Å². The first-order chi connectivity index (χ1) is 10.2. The number of hydrogen-bond donors (Lipinski definition) is 1. The van der Waals surface area contributed by atoms with Gasteiger partial charge < -0.3 is 20.1 Å². The molecule has 1 aromatic carbocycles. The highest BCUT2D eigenvalue weighted by molar-refractivity contribution is 7.99. The second kappa shape index (κ2) is 8.14. The first-order valence-electron chi connectivity index (χ1n) is 7.12. The van der Waals surface area contributed by atoms with Crippen molar-refractivity contribution in [2.24, 2.45) is 0 Å². The maximum Gasteiger partial charge on any atom is 0.222 e. The topological polar surface area (TPSA) is 64.8 Å². The Morgan fingerprint density at radius 1 is 1.43 bits per heavy atom. The van der Waals surface area contributed by atoms with Crippen LogP contribution in [-0.4, -0.2) is 50.0 Å². The highest BCUT2D eigenvalue weighted by Crippen LogP contribution is 2.31. The summed E-state index contributed by atoms with van der Waals surface area (Å²) in [7, 11) is 1.64. The largest absolute Gasteiger partial charge is 0.496 e. The quantitative estimate of drug-likeness (QED) is 0.495. The van der Waals surface area contributed by atoms with Crippen LogP contribution in [0.5, 0.6) is 5.75 Å². The Morgan fingerprint density at radius 3 is 2.90 bits per heavy atom. The monoisotopic (exact) mass is 310 g/mol. The first kappa shape index (κ1) is 16.0. The van der Waals surface area contributed by atoms with Crippen LogP contribution in [0.15, 0.2) is 23.1 Å². The van der Waals surface area contributed by atoms with Crippen molar-refractivity contribution in [2.45, 2.75) is 17.7 Å². The Balaban J connectivity index is 1.73. The number of benzene rings is 1. The van der Waals surface area contributed by atoms with E-state index in [2.05, 4.69) is 0 Å². The molecule has 2 N–H and O–H groups in total. The van der Waals surface area contributed by atoms with Gasteiger partial charge in [-0.1, -0.05) is 0 Å². The fraction of sp³-hybridized carbons (Fsp3) is 0.533. The fourth-order valence-corrected chi connectivity index (χ4v) is 3.14. The smallest absolute Gasteiger partial charge is 0.222 e. The Morgan fingerprint density at radius 2 is 2.19 bits per heavy atom. The number of anilines is 1. The molecule has 5 nitrogen and oxygen atoms in total. The number of amides is 1. The molecular weight excluding hydrogens is 288 g/mol. The van der Waals surface area contributed by atoms with Crippen molar-refractivity contribution in [1.29, 1.82) is 0 Å². The number of nitrogens with zero attached hydrogens (tertiary/aromatic N) is 1. The van der Waals surface area contributed by atoms with E-state index in [0.717, 1.165) is 35.9 Å². The maximum atomic E-state index is 12.0. The fourth-order valence-electron chi connectivity index (χ4n) is 2.18. The number of thioether (sulfide) groups is 1. The van der Waals surface area contributed by atoms with Crippen LogP contribution >= 0.6 is 11.8 Å². The molecule has 0 saturated carbocycles. The lowest BCUT2D eigenvalue weighted by Crippen LogP contribution is -2.40. The number of ether oxygens (including phenoxy) is 2. The standard InChI is InChI=1S/C15H22N2O3S/c1-19-13-11-12(16)4-5-14(13)21-10-2-3-15(18)17-6-8-20-9-7-17/h4-5,11H,2-3,6-10,16H2,1H3. The van der Waals surface area contributed by atoms with Crippen LogP contribution in [0.4, 0.5) is 5.69 Å². The average Bonchev–Trinajstić information content (AvgIpc) is 2.53. The maximum absolute atomic E-state index is 12.0. The molecule has 1 aliphatic rings. The molecule has 1 amide bonds. The van der Waals surface area contributed by atoms with Crippen LogP contribution in [0.2, 0.25) is 0 Å². The molecule has 0 aromatic heterocycles. The van der Waals surface area contributed by atoms with Crippen molar-refractivity contribution >= 4 is 23.4 Å². The van der Waals surface area contributed by atoms with Crippen LogP contribution in [0.3, 0.4) is 0 Å². The van der Waals surface area contributed by atoms with Gasteiger partial charge in [0.15, 0.2) is 0 Å². The Hall–Kier alpha value is -1.40. The van der Waals surface area contributed by atoms with Gasteiger partial charge in [0.1, 0.15) is 5.75 Å². The molecule has 0 bridgehead atoms. The van der Waals surface area contributed by atoms with E-state index in [1.165, 1.54) is 0 Å². The summed E-state index contributed by atoms with van der Waals surface area (Å²) in [6, 6.07) is 5.65. The van der Waals surface area contributed by atoms with Gasteiger partial charge in [-0.3, -0.25) is 4.79 Å². The van der Waals surface area contributed by atoms with Gasteiger partial charge in [-0.05, 0) is 24.3 Å². The van der Waals surface area contributed by atoms with Gasteiger partial charge in [0.05, 0.1) is 20.3 Å². The first-order valence-corrected chi connectivity index (χ1v) is 8.11. The molecule has 0 spiro atoms. The highest BCUT2D eigenvalue weighted by Gasteiger charge is 2.16. The molecule has 0 unspecified atom stereocenters. The number of carbonyl (C=O) groups excluding carboxylic acids is 1. The molecule has 6 heteroatoms. The van der Waals surface area contributed by atoms with Crippen molar-refractivity contribution < 1.29 is 14.3 Å². The van der Waals surface area contributed by atoms with Crippen molar-refractivity contribution in [3.63, 3.8) is 0 Å². The summed E-state index contributed by atoms with van der Waals surface area (Å²) in [5.41, 5.74) is 6.42. The number of rotatable bonds is 6. The van der Waals surface area contributed by atoms with Crippen LogP contribution in [0.25, 0.3) is 0 Å². The number of hydrogen-bond acceptors (Lipinski definition) is 5. The van der Waals surface area contributed by atoms with Gasteiger partial charge in [-0.15, -0.1) is 11.8 Å². The van der Waals surface area contributed by atoms with Crippen molar-refractivity contribution in [3.8, 4) is 5.75 Å². The van der Waals surface area contributed by atoms with Gasteiger partial charge in [0.2, 0.25) is 5.91 Å². The van der Waals surface area contributed by atoms with E-state index in [1.54, 1.807) is 18.9 Å². The molecule has 1 aliphatic heterocycles. The molecule has 1 fully saturated rings. The average molecular weight is 310 g/mol. The minimum Gasteiger partial charge on any atom is -0.496 e. The summed E-state index contributed by atoms with van der Waals surface area (Å²) in [6.45, 7) is 2.75. The molecule has 1 saturated heterocycles. The van der Waals surface area contributed by atoms with Crippen LogP contribution < -0.4 is 10.5 Å². The van der Waals surface area contributed by atoms with Gasteiger partial charge >= 0.3 is 0 Å². The van der Waals surface area contributed by atoms with E-state index >= 15 is 0 Å². The normalized spacial score (nSPS) is 15.0. The molecule has 2 rings (SSSR count). The third-order valence-corrected chi connectivity index (χ3v) is 4.49. The molecule has 0 aliphatic carbocycles. The van der Waals surface area contributed by atoms with Gasteiger partial charge in [-0.25, -0.2) is 0 Å². The molecule has 21 heavy (non-hydrogen) atoms. The molecule has 1 heterocycles. The van der Waals surface area contributed by atoms with Crippen molar-refractivity contribution in [3.05, 3.63) is 18.2 Å². The zero-order valence-corrected chi connectivity index (χ0v) is 13.2. The van der Waals surface area contributed by atoms with E-state index < -0.39 is 0 Å². The lowest BCUT2D eigenvalue weighted by molar-refractivity contribution is -0.135. The van der Waals surface area contributed by atoms with Crippen LogP contribution in [0, 0.1) is 0 Å². The second-order valence-corrected chi connectivity index (χ2v) is 5.99. The van der Waals surface area contributed by atoms with Gasteiger partial charge in [0.25, 0.3) is 0 Å². The lowest BCUT2D eigenvalue weighted by Gasteiger charge is -2.26. The highest BCUT2D eigenvalue weighted by atomic mass is 32.2. The molecule has 0 atom stereocenters. The summed E-state index contributed by atoms with van der Waals surface area (Å²) in [5, 5.41) is 0. The second-order valence-electron chi connectivity index (χ2n) is 4.86. The van der Waals surface area contributed by atoms with E-state index in [4.69, 9.17) is 15.2 Å². The summed E-state index contributed by atoms with van der Waals surface area (Å²) >= 11 is 1.69. The SMILES string of the molecule is COc1cc(N)ccc1SCCCC(=O)N1CCOCC1. The van der Waals surface area contributed by atoms with E-state index in [-0.39, 0.29) is 5.91 Å². The van der Waals surface area contributed by atoms with Crippen LogP contribution in [-0.2, 0) is 9.53 Å². The molecule has 1 aromatic rings. The Bertz CT molecular complexity index is 476. The summed E-state index contributed by atoms with van der Waals surface area (Å²) in [5.74, 6) is 1.90. The number of carbonyl (C=O) groups is 1. The number of methoxy groups -OCH3 is 1. The third kappa shape index (κ3) is 4.82. The summed E-state index contributed by atoms with van der Waals surface area (Å²) < 4.78 is 10.6. The van der Waals surface area contributed by atoms with Crippen molar-refractivity contribution in [2.75, 3.05) is 44.9 Å².